The Morgan fingerprint density at radius 1 is 1.22 bits per heavy atom. The number of benzene rings is 1. The molecule has 18 heavy (non-hydrogen) atoms. The number of hydrogen-bond donors (Lipinski definition) is 1. The summed E-state index contributed by atoms with van der Waals surface area (Å²) in [5, 5.41) is 3.74. The average molecular weight is 263 g/mol. The first-order chi connectivity index (χ1) is 8.74. The smallest absolute Gasteiger partial charge is 0.0208 e. The van der Waals surface area contributed by atoms with Crippen molar-refractivity contribution in [3.05, 3.63) is 29.8 Å². The lowest BCUT2D eigenvalue weighted by atomic mass is 9.93. The maximum Gasteiger partial charge on any atom is 0.0208 e. The van der Waals surface area contributed by atoms with Gasteiger partial charge in [0.15, 0.2) is 0 Å². The van der Waals surface area contributed by atoms with E-state index in [1.165, 1.54) is 29.7 Å². The van der Waals surface area contributed by atoms with Crippen molar-refractivity contribution in [3.8, 4) is 0 Å². The highest BCUT2D eigenvalue weighted by molar-refractivity contribution is 7.98. The van der Waals surface area contributed by atoms with Gasteiger partial charge in [-0.15, -0.1) is 11.8 Å². The fourth-order valence-electron chi connectivity index (χ4n) is 3.10. The van der Waals surface area contributed by atoms with E-state index in [1.807, 2.05) is 0 Å². The predicted molar refractivity (Wildman–Crippen MR) is 81.0 cm³/mol. The van der Waals surface area contributed by atoms with Crippen molar-refractivity contribution in [1.29, 1.82) is 0 Å². The molecule has 0 spiro atoms. The molecule has 1 N–H and O–H groups in total. The molecule has 0 amide bonds. The van der Waals surface area contributed by atoms with Gasteiger partial charge < -0.3 is 5.32 Å². The second kappa shape index (κ2) is 6.63. The minimum absolute atomic E-state index is 0.718. The van der Waals surface area contributed by atoms with E-state index < -0.39 is 0 Å². The highest BCUT2D eigenvalue weighted by Gasteiger charge is 2.30. The van der Waals surface area contributed by atoms with Crippen LogP contribution < -0.4 is 5.32 Å². The van der Waals surface area contributed by atoms with E-state index in [0.717, 1.165) is 24.4 Å². The predicted octanol–water partition coefficient (Wildman–Crippen LogP) is 4.32. The van der Waals surface area contributed by atoms with Gasteiger partial charge in [-0.3, -0.25) is 0 Å². The van der Waals surface area contributed by atoms with E-state index in [1.54, 1.807) is 11.8 Å². The molecule has 100 valence electrons. The quantitative estimate of drug-likeness (QED) is 0.794. The molecule has 0 aromatic heterocycles. The second-order valence-electron chi connectivity index (χ2n) is 5.44. The molecule has 1 aliphatic carbocycles. The van der Waals surface area contributed by atoms with Crippen LogP contribution in [0.2, 0.25) is 0 Å². The Balaban J connectivity index is 1.84. The highest BCUT2D eigenvalue weighted by Crippen LogP contribution is 2.33. The number of thioether (sulfide) groups is 1. The summed E-state index contributed by atoms with van der Waals surface area (Å²) in [7, 11) is 0. The lowest BCUT2D eigenvalue weighted by molar-refractivity contribution is 0.344. The Bertz CT molecular complexity index is 360. The minimum atomic E-state index is 0.718. The third kappa shape index (κ3) is 3.30. The van der Waals surface area contributed by atoms with Crippen LogP contribution >= 0.6 is 11.8 Å². The second-order valence-corrected chi connectivity index (χ2v) is 6.32. The van der Waals surface area contributed by atoms with Crippen LogP contribution in [-0.4, -0.2) is 12.3 Å². The summed E-state index contributed by atoms with van der Waals surface area (Å²) in [4.78, 5) is 1.35. The number of hydrogen-bond acceptors (Lipinski definition) is 2. The zero-order valence-corrected chi connectivity index (χ0v) is 12.6. The fourth-order valence-corrected chi connectivity index (χ4v) is 3.51. The van der Waals surface area contributed by atoms with Crippen LogP contribution in [0.15, 0.2) is 29.2 Å². The van der Waals surface area contributed by atoms with Crippen LogP contribution in [0, 0.1) is 11.8 Å². The zero-order valence-electron chi connectivity index (χ0n) is 11.8. The van der Waals surface area contributed by atoms with Crippen molar-refractivity contribution in [1.82, 2.24) is 5.32 Å². The van der Waals surface area contributed by atoms with Crippen LogP contribution in [0.4, 0.5) is 0 Å². The molecular weight excluding hydrogens is 238 g/mol. The molecule has 1 fully saturated rings. The van der Waals surface area contributed by atoms with Gasteiger partial charge in [-0.1, -0.05) is 32.4 Å². The molecule has 1 saturated carbocycles. The Morgan fingerprint density at radius 2 is 1.94 bits per heavy atom. The molecule has 2 heteroatoms. The molecule has 1 aromatic rings. The molecule has 0 radical (unpaired) electrons. The van der Waals surface area contributed by atoms with Crippen molar-refractivity contribution in [2.24, 2.45) is 11.8 Å². The molecule has 0 aliphatic heterocycles. The molecule has 0 heterocycles. The molecule has 1 aromatic carbocycles. The summed E-state index contributed by atoms with van der Waals surface area (Å²) >= 11 is 1.80. The monoisotopic (exact) mass is 263 g/mol. The number of rotatable bonds is 5. The average Bonchev–Trinajstić information content (AvgIpc) is 2.77. The van der Waals surface area contributed by atoms with Crippen LogP contribution in [0.25, 0.3) is 0 Å². The summed E-state index contributed by atoms with van der Waals surface area (Å²) in [5.74, 6) is 1.77. The van der Waals surface area contributed by atoms with E-state index in [9.17, 15) is 0 Å². The SMILES string of the molecule is CCC1CCC(NCc2ccc(SC)cc2)C1C. The van der Waals surface area contributed by atoms with Crippen LogP contribution in [0.3, 0.4) is 0 Å². The van der Waals surface area contributed by atoms with Gasteiger partial charge in [0.25, 0.3) is 0 Å². The standard InChI is InChI=1S/C16H25NS/c1-4-14-7-10-16(12(14)2)17-11-13-5-8-15(18-3)9-6-13/h5-6,8-9,12,14,16-17H,4,7,10-11H2,1-3H3. The molecule has 3 atom stereocenters. The first kappa shape index (κ1) is 14.0. The van der Waals surface area contributed by atoms with Gasteiger partial charge in [-0.05, 0) is 48.6 Å². The normalized spacial score (nSPS) is 27.6. The van der Waals surface area contributed by atoms with E-state index in [4.69, 9.17) is 0 Å². The zero-order chi connectivity index (χ0) is 13.0. The summed E-state index contributed by atoms with van der Waals surface area (Å²) < 4.78 is 0. The first-order valence-corrected chi connectivity index (χ1v) is 8.33. The molecule has 2 rings (SSSR count). The summed E-state index contributed by atoms with van der Waals surface area (Å²) in [6.07, 6.45) is 6.21. The molecule has 1 aliphatic rings. The van der Waals surface area contributed by atoms with Gasteiger partial charge in [0.1, 0.15) is 0 Å². The summed E-state index contributed by atoms with van der Waals surface area (Å²) in [5.41, 5.74) is 1.40. The Hall–Kier alpha value is -0.470. The van der Waals surface area contributed by atoms with Gasteiger partial charge in [0, 0.05) is 17.5 Å². The van der Waals surface area contributed by atoms with Gasteiger partial charge in [0.2, 0.25) is 0 Å². The van der Waals surface area contributed by atoms with E-state index in [-0.39, 0.29) is 0 Å². The molecule has 0 bridgehead atoms. The van der Waals surface area contributed by atoms with Crippen LogP contribution in [0.1, 0.15) is 38.7 Å². The fraction of sp³-hybridized carbons (Fsp3) is 0.625. The topological polar surface area (TPSA) is 12.0 Å². The van der Waals surface area contributed by atoms with Crippen molar-refractivity contribution in [2.45, 2.75) is 50.6 Å². The number of nitrogens with one attached hydrogen (secondary N) is 1. The third-order valence-electron chi connectivity index (χ3n) is 4.48. The van der Waals surface area contributed by atoms with Crippen LogP contribution in [0.5, 0.6) is 0 Å². The molecular formula is C16H25NS. The van der Waals surface area contributed by atoms with Gasteiger partial charge >= 0.3 is 0 Å². The van der Waals surface area contributed by atoms with E-state index in [0.29, 0.717) is 0 Å². The maximum absolute atomic E-state index is 3.74. The van der Waals surface area contributed by atoms with Crippen molar-refractivity contribution in [2.75, 3.05) is 6.26 Å². The van der Waals surface area contributed by atoms with Crippen LogP contribution in [-0.2, 0) is 6.54 Å². The minimum Gasteiger partial charge on any atom is -0.310 e. The Morgan fingerprint density at radius 3 is 2.50 bits per heavy atom. The first-order valence-electron chi connectivity index (χ1n) is 7.11. The third-order valence-corrected chi connectivity index (χ3v) is 5.22. The van der Waals surface area contributed by atoms with Gasteiger partial charge in [0.05, 0.1) is 0 Å². The molecule has 0 saturated heterocycles. The van der Waals surface area contributed by atoms with Crippen molar-refractivity contribution >= 4 is 11.8 Å². The highest BCUT2D eigenvalue weighted by atomic mass is 32.2. The Kier molecular flexibility index (Phi) is 5.13. The lowest BCUT2D eigenvalue weighted by Crippen LogP contribution is -2.32. The molecule has 1 nitrogen and oxygen atoms in total. The van der Waals surface area contributed by atoms with Crippen molar-refractivity contribution < 1.29 is 0 Å². The lowest BCUT2D eigenvalue weighted by Gasteiger charge is -2.21. The van der Waals surface area contributed by atoms with E-state index >= 15 is 0 Å². The van der Waals surface area contributed by atoms with Crippen molar-refractivity contribution in [3.63, 3.8) is 0 Å². The summed E-state index contributed by atoms with van der Waals surface area (Å²) in [6.45, 7) is 5.75. The van der Waals surface area contributed by atoms with Gasteiger partial charge in [-0.25, -0.2) is 0 Å². The molecule has 3 unspecified atom stereocenters. The Labute approximate surface area is 116 Å². The van der Waals surface area contributed by atoms with Gasteiger partial charge in [-0.2, -0.15) is 0 Å². The van der Waals surface area contributed by atoms with E-state index in [2.05, 4.69) is 49.7 Å². The summed E-state index contributed by atoms with van der Waals surface area (Å²) in [6, 6.07) is 9.64. The largest absolute Gasteiger partial charge is 0.310 e. The maximum atomic E-state index is 3.74.